The van der Waals surface area contributed by atoms with Gasteiger partial charge in [0.05, 0.1) is 5.69 Å². The molecule has 1 fully saturated rings. The summed E-state index contributed by atoms with van der Waals surface area (Å²) in [5.41, 5.74) is 1.63. The summed E-state index contributed by atoms with van der Waals surface area (Å²) in [6, 6.07) is 9.06. The van der Waals surface area contributed by atoms with Crippen molar-refractivity contribution >= 4 is 5.91 Å². The van der Waals surface area contributed by atoms with Crippen molar-refractivity contribution in [1.29, 1.82) is 0 Å². The van der Waals surface area contributed by atoms with Crippen LogP contribution in [0, 0.1) is 0 Å². The summed E-state index contributed by atoms with van der Waals surface area (Å²) in [4.78, 5) is 22.6. The van der Waals surface area contributed by atoms with Gasteiger partial charge in [0.1, 0.15) is 0 Å². The number of carbonyl (C=O) groups is 1. The Morgan fingerprint density at radius 3 is 2.55 bits per heavy atom. The molecule has 1 unspecified atom stereocenters. The number of carbonyl (C=O) groups excluding carboxylic acids is 1. The summed E-state index contributed by atoms with van der Waals surface area (Å²) >= 11 is 0. The normalized spacial score (nSPS) is 17.2. The number of aliphatic hydroxyl groups is 1. The third-order valence-electron chi connectivity index (χ3n) is 4.16. The number of likely N-dealkylation sites (tertiary alicyclic amines) is 1. The van der Waals surface area contributed by atoms with Gasteiger partial charge in [0.15, 0.2) is 6.10 Å². The Balaban J connectivity index is 1.60. The van der Waals surface area contributed by atoms with E-state index < -0.39 is 6.10 Å². The Hall–Kier alpha value is -2.27. The van der Waals surface area contributed by atoms with Crippen LogP contribution in [0.5, 0.6) is 0 Å². The van der Waals surface area contributed by atoms with Gasteiger partial charge in [-0.3, -0.25) is 14.8 Å². The molecule has 1 amide bonds. The van der Waals surface area contributed by atoms with Crippen molar-refractivity contribution in [2.24, 2.45) is 0 Å². The van der Waals surface area contributed by atoms with Gasteiger partial charge in [-0.05, 0) is 18.4 Å². The second-order valence-corrected chi connectivity index (χ2v) is 5.54. The molecular weight excluding hydrogens is 278 g/mol. The van der Waals surface area contributed by atoms with Crippen LogP contribution in [0.4, 0.5) is 0 Å². The molecule has 0 aliphatic carbocycles. The average molecular weight is 297 g/mol. The Morgan fingerprint density at radius 2 is 1.91 bits per heavy atom. The van der Waals surface area contributed by atoms with Crippen LogP contribution in [-0.4, -0.2) is 39.0 Å². The Bertz CT molecular complexity index is 610. The van der Waals surface area contributed by atoms with Gasteiger partial charge in [-0.2, -0.15) is 0 Å². The second kappa shape index (κ2) is 6.66. The lowest BCUT2D eigenvalue weighted by atomic mass is 9.93. The fraction of sp³-hybridized carbons (Fsp3) is 0.353. The number of amides is 1. The van der Waals surface area contributed by atoms with Crippen LogP contribution in [0.15, 0.2) is 48.9 Å². The summed E-state index contributed by atoms with van der Waals surface area (Å²) in [7, 11) is 0. The van der Waals surface area contributed by atoms with E-state index in [0.29, 0.717) is 24.6 Å². The molecule has 114 valence electrons. The molecule has 1 saturated heterocycles. The third-order valence-corrected chi connectivity index (χ3v) is 4.16. The van der Waals surface area contributed by atoms with Crippen molar-refractivity contribution in [3.05, 3.63) is 60.2 Å². The molecule has 0 radical (unpaired) electrons. The molecule has 1 aliphatic rings. The fourth-order valence-electron chi connectivity index (χ4n) is 2.87. The number of hydrogen-bond acceptors (Lipinski definition) is 4. The van der Waals surface area contributed by atoms with Crippen molar-refractivity contribution in [1.82, 2.24) is 14.9 Å². The number of hydrogen-bond donors (Lipinski definition) is 1. The van der Waals surface area contributed by atoms with Crippen LogP contribution >= 0.6 is 0 Å². The van der Waals surface area contributed by atoms with E-state index in [0.717, 1.165) is 18.5 Å². The SMILES string of the molecule is O=C(C(O)c1ccccc1)N1CCC(c2cnccn2)CC1. The molecule has 2 heterocycles. The summed E-state index contributed by atoms with van der Waals surface area (Å²) in [5, 5.41) is 10.2. The number of nitrogens with zero attached hydrogens (tertiary/aromatic N) is 3. The maximum Gasteiger partial charge on any atom is 0.256 e. The van der Waals surface area contributed by atoms with Crippen molar-refractivity contribution in [3.8, 4) is 0 Å². The molecule has 0 saturated carbocycles. The number of aromatic nitrogens is 2. The lowest BCUT2D eigenvalue weighted by molar-refractivity contribution is -0.141. The van der Waals surface area contributed by atoms with Gasteiger partial charge in [0.25, 0.3) is 5.91 Å². The van der Waals surface area contributed by atoms with E-state index >= 15 is 0 Å². The summed E-state index contributed by atoms with van der Waals surface area (Å²) < 4.78 is 0. The first-order valence-corrected chi connectivity index (χ1v) is 7.53. The van der Waals surface area contributed by atoms with Gasteiger partial charge in [-0.15, -0.1) is 0 Å². The molecule has 22 heavy (non-hydrogen) atoms. The minimum atomic E-state index is -1.07. The zero-order valence-electron chi connectivity index (χ0n) is 12.3. The monoisotopic (exact) mass is 297 g/mol. The smallest absolute Gasteiger partial charge is 0.256 e. The molecule has 0 bridgehead atoms. The van der Waals surface area contributed by atoms with Gasteiger partial charge in [0.2, 0.25) is 0 Å². The number of benzene rings is 1. The van der Waals surface area contributed by atoms with Gasteiger partial charge < -0.3 is 10.0 Å². The molecule has 5 nitrogen and oxygen atoms in total. The molecule has 1 N–H and O–H groups in total. The van der Waals surface area contributed by atoms with E-state index in [1.807, 2.05) is 18.2 Å². The molecular formula is C17H19N3O2. The fourth-order valence-corrected chi connectivity index (χ4v) is 2.87. The summed E-state index contributed by atoms with van der Waals surface area (Å²) in [6.45, 7) is 1.29. The average Bonchev–Trinajstić information content (AvgIpc) is 2.62. The molecule has 1 atom stereocenters. The minimum Gasteiger partial charge on any atom is -0.378 e. The lowest BCUT2D eigenvalue weighted by Crippen LogP contribution is -2.40. The molecule has 1 aromatic heterocycles. The zero-order valence-corrected chi connectivity index (χ0v) is 12.3. The molecule has 1 aliphatic heterocycles. The highest BCUT2D eigenvalue weighted by Gasteiger charge is 2.28. The number of aliphatic hydroxyl groups excluding tert-OH is 1. The molecule has 0 spiro atoms. The number of piperidine rings is 1. The van der Waals surface area contributed by atoms with Crippen LogP contribution in [0.3, 0.4) is 0 Å². The largest absolute Gasteiger partial charge is 0.378 e. The Kier molecular flexibility index (Phi) is 4.44. The van der Waals surface area contributed by atoms with E-state index in [1.165, 1.54) is 0 Å². The van der Waals surface area contributed by atoms with E-state index in [4.69, 9.17) is 0 Å². The highest BCUT2D eigenvalue weighted by Crippen LogP contribution is 2.27. The first-order valence-electron chi connectivity index (χ1n) is 7.53. The van der Waals surface area contributed by atoms with Crippen LogP contribution in [0.1, 0.15) is 36.1 Å². The highest BCUT2D eigenvalue weighted by atomic mass is 16.3. The second-order valence-electron chi connectivity index (χ2n) is 5.54. The van der Waals surface area contributed by atoms with Crippen LogP contribution in [-0.2, 0) is 4.79 Å². The van der Waals surface area contributed by atoms with Gasteiger partial charge >= 0.3 is 0 Å². The first kappa shape index (κ1) is 14.7. The standard InChI is InChI=1S/C17H19N3O2/c21-16(14-4-2-1-3-5-14)17(22)20-10-6-13(7-11-20)15-12-18-8-9-19-15/h1-5,8-9,12-13,16,21H,6-7,10-11H2. The first-order chi connectivity index (χ1) is 10.8. The molecule has 2 aromatic rings. The zero-order chi connectivity index (χ0) is 15.4. The highest BCUT2D eigenvalue weighted by molar-refractivity contribution is 5.82. The van der Waals surface area contributed by atoms with Gasteiger partial charge in [-0.1, -0.05) is 30.3 Å². The van der Waals surface area contributed by atoms with E-state index in [2.05, 4.69) is 9.97 Å². The van der Waals surface area contributed by atoms with Crippen molar-refractivity contribution < 1.29 is 9.90 Å². The maximum absolute atomic E-state index is 12.4. The number of rotatable bonds is 3. The topological polar surface area (TPSA) is 66.3 Å². The lowest BCUT2D eigenvalue weighted by Gasteiger charge is -2.32. The van der Waals surface area contributed by atoms with E-state index in [9.17, 15) is 9.90 Å². The predicted octanol–water partition coefficient (Wildman–Crippen LogP) is 1.92. The predicted molar refractivity (Wildman–Crippen MR) is 82.0 cm³/mol. The minimum absolute atomic E-state index is 0.219. The van der Waals surface area contributed by atoms with E-state index in [-0.39, 0.29) is 5.91 Å². The Labute approximate surface area is 129 Å². The van der Waals surface area contributed by atoms with Crippen LogP contribution in [0.25, 0.3) is 0 Å². The van der Waals surface area contributed by atoms with Crippen LogP contribution in [0.2, 0.25) is 0 Å². The van der Waals surface area contributed by atoms with E-state index in [1.54, 1.807) is 35.6 Å². The quantitative estimate of drug-likeness (QED) is 0.940. The molecule has 1 aromatic carbocycles. The van der Waals surface area contributed by atoms with Crippen molar-refractivity contribution in [2.45, 2.75) is 24.9 Å². The molecule has 5 heteroatoms. The maximum atomic E-state index is 12.4. The molecule has 3 rings (SSSR count). The third kappa shape index (κ3) is 3.14. The Morgan fingerprint density at radius 1 is 1.18 bits per heavy atom. The van der Waals surface area contributed by atoms with Crippen molar-refractivity contribution in [3.63, 3.8) is 0 Å². The van der Waals surface area contributed by atoms with Gasteiger partial charge in [0, 0.05) is 37.6 Å². The van der Waals surface area contributed by atoms with Crippen LogP contribution < -0.4 is 0 Å². The van der Waals surface area contributed by atoms with Gasteiger partial charge in [-0.25, -0.2) is 0 Å². The van der Waals surface area contributed by atoms with Crippen molar-refractivity contribution in [2.75, 3.05) is 13.1 Å². The summed E-state index contributed by atoms with van der Waals surface area (Å²) in [6.07, 6.45) is 5.79. The summed E-state index contributed by atoms with van der Waals surface area (Å²) in [5.74, 6) is 0.121.